The second kappa shape index (κ2) is 9.13. The van der Waals surface area contributed by atoms with Gasteiger partial charge in [0.25, 0.3) is 0 Å². The number of nitrogens with zero attached hydrogens (tertiary/aromatic N) is 4. The zero-order valence-corrected chi connectivity index (χ0v) is 16.3. The van der Waals surface area contributed by atoms with E-state index < -0.39 is 35.6 Å². The number of carbonyl (C=O) groups excluding carboxylic acids is 2. The third kappa shape index (κ3) is 4.48. The summed E-state index contributed by atoms with van der Waals surface area (Å²) < 4.78 is 38.4. The molecule has 32 heavy (non-hydrogen) atoms. The van der Waals surface area contributed by atoms with Gasteiger partial charge in [0, 0.05) is 17.7 Å². The molecule has 0 bridgehead atoms. The van der Waals surface area contributed by atoms with Crippen molar-refractivity contribution in [2.75, 3.05) is 6.61 Å². The van der Waals surface area contributed by atoms with Gasteiger partial charge in [-0.15, -0.1) is 5.10 Å². The minimum absolute atomic E-state index is 0.142. The zero-order chi connectivity index (χ0) is 22.5. The van der Waals surface area contributed by atoms with Crippen molar-refractivity contribution in [3.63, 3.8) is 0 Å². The van der Waals surface area contributed by atoms with Crippen molar-refractivity contribution in [3.8, 4) is 11.4 Å². The Morgan fingerprint density at radius 1 is 1.06 bits per heavy atom. The number of tetrazole rings is 1. The molecule has 0 N–H and O–H groups in total. The van der Waals surface area contributed by atoms with Crippen LogP contribution in [0.5, 0.6) is 0 Å². The molecule has 2 aromatic carbocycles. The van der Waals surface area contributed by atoms with Gasteiger partial charge in [0.05, 0.1) is 11.8 Å². The predicted molar refractivity (Wildman–Crippen MR) is 108 cm³/mol. The number of ketones is 1. The summed E-state index contributed by atoms with van der Waals surface area (Å²) in [5.41, 5.74) is 0.0828. The molecule has 4 aromatic rings. The third-order valence-electron chi connectivity index (χ3n) is 4.33. The Hall–Kier alpha value is -4.47. The number of Topliss-reactive ketones (excluding diaryl/α,β-unsaturated/α-hetero) is 1. The number of rotatable bonds is 7. The molecule has 0 aliphatic carbocycles. The molecule has 4 rings (SSSR count). The number of hydrogen-bond acceptors (Lipinski definition) is 7. The van der Waals surface area contributed by atoms with Crippen LogP contribution in [0, 0.1) is 11.6 Å². The number of furan rings is 1. The van der Waals surface area contributed by atoms with Crippen molar-refractivity contribution in [2.45, 2.75) is 0 Å². The summed E-state index contributed by atoms with van der Waals surface area (Å²) in [6, 6.07) is 14.6. The summed E-state index contributed by atoms with van der Waals surface area (Å²) in [7, 11) is 0. The summed E-state index contributed by atoms with van der Waals surface area (Å²) in [4.78, 5) is 25.1. The van der Waals surface area contributed by atoms with Crippen LogP contribution in [0.2, 0.25) is 0 Å². The van der Waals surface area contributed by atoms with Crippen LogP contribution in [0.1, 0.15) is 16.1 Å². The van der Waals surface area contributed by atoms with Gasteiger partial charge in [0.15, 0.2) is 18.1 Å². The molecule has 0 amide bonds. The quantitative estimate of drug-likeness (QED) is 0.248. The van der Waals surface area contributed by atoms with Gasteiger partial charge in [-0.25, -0.2) is 13.6 Å². The van der Waals surface area contributed by atoms with Crippen LogP contribution in [0.3, 0.4) is 0 Å². The standard InChI is InChI=1S/C22H14F2N4O4/c23-15-8-9-17(18(24)11-15)20(29)13-32-22(30)19(12-16-7-4-10-31-16)28-21(25-26-27-28)14-5-2-1-3-6-14/h1-12H,13H2/b19-12-. The van der Waals surface area contributed by atoms with E-state index >= 15 is 0 Å². The molecule has 0 unspecified atom stereocenters. The van der Waals surface area contributed by atoms with E-state index in [1.165, 1.54) is 12.3 Å². The Kier molecular flexibility index (Phi) is 5.93. The zero-order valence-electron chi connectivity index (χ0n) is 16.3. The average molecular weight is 436 g/mol. The minimum atomic E-state index is -1.05. The topological polar surface area (TPSA) is 100 Å². The molecule has 0 aliphatic rings. The first kappa shape index (κ1) is 20.8. The molecular weight excluding hydrogens is 422 g/mol. The summed E-state index contributed by atoms with van der Waals surface area (Å²) in [6.07, 6.45) is 2.75. The van der Waals surface area contributed by atoms with Gasteiger partial charge >= 0.3 is 5.97 Å². The van der Waals surface area contributed by atoms with Crippen LogP contribution in [0.15, 0.2) is 71.3 Å². The molecular formula is C22H14F2N4O4. The minimum Gasteiger partial charge on any atom is -0.465 e. The molecule has 0 fully saturated rings. The summed E-state index contributed by atoms with van der Waals surface area (Å²) in [5, 5.41) is 11.4. The van der Waals surface area contributed by atoms with Crippen molar-refractivity contribution in [1.82, 2.24) is 20.2 Å². The number of benzene rings is 2. The monoisotopic (exact) mass is 436 g/mol. The van der Waals surface area contributed by atoms with Gasteiger partial charge in [-0.2, -0.15) is 4.68 Å². The highest BCUT2D eigenvalue weighted by Crippen LogP contribution is 2.21. The molecule has 0 saturated heterocycles. The fourth-order valence-corrected chi connectivity index (χ4v) is 2.83. The number of hydrogen-bond donors (Lipinski definition) is 0. The highest BCUT2D eigenvalue weighted by molar-refractivity contribution is 6.16. The highest BCUT2D eigenvalue weighted by Gasteiger charge is 2.23. The number of halogens is 2. The molecule has 160 valence electrons. The highest BCUT2D eigenvalue weighted by atomic mass is 19.1. The lowest BCUT2D eigenvalue weighted by atomic mass is 10.1. The largest absolute Gasteiger partial charge is 0.465 e. The lowest BCUT2D eigenvalue weighted by Gasteiger charge is -2.10. The van der Waals surface area contributed by atoms with Gasteiger partial charge < -0.3 is 9.15 Å². The summed E-state index contributed by atoms with van der Waals surface area (Å²) in [5.74, 6) is -3.12. The van der Waals surface area contributed by atoms with Crippen LogP contribution >= 0.6 is 0 Å². The Labute approximate surface area is 179 Å². The normalized spacial score (nSPS) is 11.4. The van der Waals surface area contributed by atoms with Crippen LogP contribution in [-0.4, -0.2) is 38.6 Å². The van der Waals surface area contributed by atoms with Gasteiger partial charge in [-0.3, -0.25) is 4.79 Å². The SMILES string of the molecule is O=C(OCC(=O)c1ccc(F)cc1F)/C(=C/c1ccco1)n1nnnc1-c1ccccc1. The summed E-state index contributed by atoms with van der Waals surface area (Å²) in [6.45, 7) is -0.778. The molecule has 2 aromatic heterocycles. The first-order valence-corrected chi connectivity index (χ1v) is 9.27. The molecule has 0 radical (unpaired) electrons. The van der Waals surface area contributed by atoms with Crippen molar-refractivity contribution in [1.29, 1.82) is 0 Å². The second-order valence-electron chi connectivity index (χ2n) is 6.45. The Morgan fingerprint density at radius 2 is 1.88 bits per heavy atom. The summed E-state index contributed by atoms with van der Waals surface area (Å²) >= 11 is 0. The number of esters is 1. The van der Waals surface area contributed by atoms with Crippen LogP contribution < -0.4 is 0 Å². The fourth-order valence-electron chi connectivity index (χ4n) is 2.83. The number of ether oxygens (including phenoxy) is 1. The third-order valence-corrected chi connectivity index (χ3v) is 4.33. The van der Waals surface area contributed by atoms with Crippen LogP contribution in [0.25, 0.3) is 23.2 Å². The molecule has 0 spiro atoms. The van der Waals surface area contributed by atoms with E-state index in [0.717, 1.165) is 16.8 Å². The molecule has 8 nitrogen and oxygen atoms in total. The lowest BCUT2D eigenvalue weighted by Crippen LogP contribution is -2.19. The van der Waals surface area contributed by atoms with Gasteiger partial charge in [0.2, 0.25) is 5.78 Å². The van der Waals surface area contributed by atoms with E-state index in [9.17, 15) is 18.4 Å². The predicted octanol–water partition coefficient (Wildman–Crippen LogP) is 3.64. The van der Waals surface area contributed by atoms with E-state index in [2.05, 4.69) is 15.5 Å². The van der Waals surface area contributed by atoms with Crippen LogP contribution in [0.4, 0.5) is 8.78 Å². The van der Waals surface area contributed by atoms with Crippen molar-refractivity contribution in [3.05, 3.63) is 89.9 Å². The van der Waals surface area contributed by atoms with Gasteiger partial charge in [-0.1, -0.05) is 30.3 Å². The van der Waals surface area contributed by atoms with E-state index in [0.29, 0.717) is 17.4 Å². The van der Waals surface area contributed by atoms with E-state index in [1.807, 2.05) is 6.07 Å². The smallest absolute Gasteiger partial charge is 0.357 e. The maximum Gasteiger partial charge on any atom is 0.357 e. The number of aromatic nitrogens is 4. The lowest BCUT2D eigenvalue weighted by molar-refractivity contribution is -0.136. The Morgan fingerprint density at radius 3 is 2.59 bits per heavy atom. The van der Waals surface area contributed by atoms with E-state index in [-0.39, 0.29) is 11.5 Å². The van der Waals surface area contributed by atoms with E-state index in [4.69, 9.17) is 9.15 Å². The average Bonchev–Trinajstić information content (AvgIpc) is 3.48. The van der Waals surface area contributed by atoms with Crippen molar-refractivity contribution >= 4 is 23.5 Å². The maximum atomic E-state index is 13.8. The fraction of sp³-hybridized carbons (Fsp3) is 0.0455. The first-order chi connectivity index (χ1) is 15.5. The molecule has 2 heterocycles. The van der Waals surface area contributed by atoms with Crippen molar-refractivity contribution < 1.29 is 27.5 Å². The van der Waals surface area contributed by atoms with Gasteiger partial charge in [0.1, 0.15) is 17.4 Å². The molecule has 0 atom stereocenters. The van der Waals surface area contributed by atoms with Crippen molar-refractivity contribution in [2.24, 2.45) is 0 Å². The number of carbonyl (C=O) groups is 2. The van der Waals surface area contributed by atoms with E-state index in [1.54, 1.807) is 36.4 Å². The van der Waals surface area contributed by atoms with Crippen LogP contribution in [-0.2, 0) is 9.53 Å². The second-order valence-corrected chi connectivity index (χ2v) is 6.45. The molecule has 0 saturated carbocycles. The Bertz CT molecular complexity index is 1280. The first-order valence-electron chi connectivity index (χ1n) is 9.27. The molecule has 10 heteroatoms. The van der Waals surface area contributed by atoms with Gasteiger partial charge in [-0.05, 0) is 34.7 Å². The molecule has 0 aliphatic heterocycles. The Balaban J connectivity index is 1.62. The maximum absolute atomic E-state index is 13.8.